The molecule has 2 saturated heterocycles. The van der Waals surface area contributed by atoms with E-state index in [9.17, 15) is 15.0 Å². The molecule has 11 heteroatoms. The van der Waals surface area contributed by atoms with Crippen LogP contribution in [0.3, 0.4) is 0 Å². The highest BCUT2D eigenvalue weighted by atomic mass is 16.5. The van der Waals surface area contributed by atoms with Gasteiger partial charge < -0.3 is 25.2 Å². The number of methoxy groups -OCH3 is 1. The number of aliphatic hydroxyl groups is 1. The molecule has 186 valence electrons. The first-order valence-corrected chi connectivity index (χ1v) is 11.8. The van der Waals surface area contributed by atoms with Gasteiger partial charge in [-0.1, -0.05) is 13.8 Å². The molecule has 2 bridgehead atoms. The van der Waals surface area contributed by atoms with Crippen molar-refractivity contribution in [3.8, 4) is 5.88 Å². The molecule has 3 atom stereocenters. The van der Waals surface area contributed by atoms with E-state index in [1.54, 1.807) is 24.1 Å². The van der Waals surface area contributed by atoms with Crippen molar-refractivity contribution >= 4 is 23.7 Å². The van der Waals surface area contributed by atoms with Gasteiger partial charge in [0, 0.05) is 36.8 Å². The average molecular weight is 474 g/mol. The zero-order valence-corrected chi connectivity index (χ0v) is 20.3. The summed E-state index contributed by atoms with van der Waals surface area (Å²) in [5.74, 6) is 2.36. The highest BCUT2D eigenvalue weighted by Crippen LogP contribution is 2.47. The third kappa shape index (κ3) is 4.75. The number of fused-ring (bicyclic) bond motifs is 2. The molecule has 2 fully saturated rings. The molecule has 0 radical (unpaired) electrons. The maximum absolute atomic E-state index is 12.3. The van der Waals surface area contributed by atoms with E-state index in [4.69, 9.17) is 9.72 Å². The van der Waals surface area contributed by atoms with Crippen molar-refractivity contribution < 1.29 is 19.7 Å². The lowest BCUT2D eigenvalue weighted by molar-refractivity contribution is -0.0409. The summed E-state index contributed by atoms with van der Waals surface area (Å²) < 4.78 is 5.42. The van der Waals surface area contributed by atoms with Crippen molar-refractivity contribution in [2.45, 2.75) is 76.6 Å². The van der Waals surface area contributed by atoms with Crippen LogP contribution in [0.4, 0.5) is 22.4 Å². The summed E-state index contributed by atoms with van der Waals surface area (Å²) in [4.78, 5) is 25.4. The molecule has 0 spiro atoms. The predicted molar refractivity (Wildman–Crippen MR) is 127 cm³/mol. The topological polar surface area (TPSA) is 140 Å². The smallest absolute Gasteiger partial charge is 0.408 e. The number of hydrogen-bond donors (Lipinski definition) is 4. The fourth-order valence-electron chi connectivity index (χ4n) is 5.80. The zero-order valence-electron chi connectivity index (χ0n) is 20.3. The van der Waals surface area contributed by atoms with Crippen LogP contribution in [0.25, 0.3) is 0 Å². The lowest BCUT2D eigenvalue weighted by Crippen LogP contribution is -2.66. The molecule has 2 aliphatic heterocycles. The molecule has 1 amide bonds. The largest absolute Gasteiger partial charge is 0.481 e. The lowest BCUT2D eigenvalue weighted by atomic mass is 9.68. The Kier molecular flexibility index (Phi) is 6.83. The Morgan fingerprint density at radius 1 is 1.38 bits per heavy atom. The molecule has 11 nitrogen and oxygen atoms in total. The standard InChI is InChI=1S/C23H35N7O4/c1-14(2)11-23-7-5-6-16(30(23)22(32)33)9-17(12-23)29(3)21-25-18(10-20(26-21)34-4)24-19-8-15(13-31)27-28-19/h8,10,14,16-17,31H,5-7,9,11-13H2,1-4H3,(H,32,33)(H2,24,25,26,27,28)/t16-,17-,23+/m0/s1. The summed E-state index contributed by atoms with van der Waals surface area (Å²) in [5.41, 5.74) is 0.225. The second-order valence-corrected chi connectivity index (χ2v) is 9.88. The SMILES string of the molecule is COc1cc(Nc2cc(CO)[nH]n2)nc(N(C)[C@H]2C[C@@H]3CCC[C@@](CC(C)C)(C2)N3C(=O)O)n1. The third-order valence-electron chi connectivity index (χ3n) is 7.03. The highest BCUT2D eigenvalue weighted by molar-refractivity contribution is 5.67. The van der Waals surface area contributed by atoms with E-state index in [2.05, 4.69) is 39.2 Å². The predicted octanol–water partition coefficient (Wildman–Crippen LogP) is 3.36. The van der Waals surface area contributed by atoms with Crippen LogP contribution in [0.15, 0.2) is 12.1 Å². The first kappa shape index (κ1) is 24.1. The zero-order chi connectivity index (χ0) is 24.5. The fourth-order valence-corrected chi connectivity index (χ4v) is 5.80. The number of aromatic nitrogens is 4. The van der Waals surface area contributed by atoms with Crippen molar-refractivity contribution in [3.63, 3.8) is 0 Å². The van der Waals surface area contributed by atoms with Crippen molar-refractivity contribution in [3.05, 3.63) is 17.8 Å². The molecule has 2 aromatic heterocycles. The number of piperidine rings is 2. The van der Waals surface area contributed by atoms with Crippen LogP contribution in [0.2, 0.25) is 0 Å². The number of amides is 1. The number of anilines is 3. The van der Waals surface area contributed by atoms with E-state index in [-0.39, 0.29) is 24.2 Å². The van der Waals surface area contributed by atoms with Gasteiger partial charge in [0.25, 0.3) is 0 Å². The maximum Gasteiger partial charge on any atom is 0.408 e. The number of nitrogens with one attached hydrogen (secondary N) is 2. The van der Waals surface area contributed by atoms with Crippen LogP contribution in [-0.4, -0.2) is 73.2 Å². The summed E-state index contributed by atoms with van der Waals surface area (Å²) in [6, 6.07) is 3.49. The number of nitrogens with zero attached hydrogens (tertiary/aromatic N) is 5. The summed E-state index contributed by atoms with van der Waals surface area (Å²) in [5, 5.41) is 29.3. The summed E-state index contributed by atoms with van der Waals surface area (Å²) in [6.45, 7) is 4.18. The highest BCUT2D eigenvalue weighted by Gasteiger charge is 2.52. The molecule has 0 saturated carbocycles. The van der Waals surface area contributed by atoms with Crippen molar-refractivity contribution in [2.75, 3.05) is 24.4 Å². The van der Waals surface area contributed by atoms with Gasteiger partial charge in [0.1, 0.15) is 5.82 Å². The van der Waals surface area contributed by atoms with E-state index in [1.165, 1.54) is 0 Å². The number of H-pyrrole nitrogens is 1. The monoisotopic (exact) mass is 473 g/mol. The molecule has 4 heterocycles. The van der Waals surface area contributed by atoms with Crippen LogP contribution < -0.4 is 15.0 Å². The minimum absolute atomic E-state index is 0.00429. The summed E-state index contributed by atoms with van der Waals surface area (Å²) in [7, 11) is 3.53. The van der Waals surface area contributed by atoms with E-state index < -0.39 is 6.09 Å². The summed E-state index contributed by atoms with van der Waals surface area (Å²) >= 11 is 0. The Morgan fingerprint density at radius 2 is 2.18 bits per heavy atom. The van der Waals surface area contributed by atoms with Gasteiger partial charge in [-0.2, -0.15) is 15.1 Å². The average Bonchev–Trinajstić information content (AvgIpc) is 3.24. The Labute approximate surface area is 199 Å². The van der Waals surface area contributed by atoms with Crippen LogP contribution in [0, 0.1) is 5.92 Å². The van der Waals surface area contributed by atoms with E-state index in [1.807, 2.05) is 7.05 Å². The van der Waals surface area contributed by atoms with Crippen molar-refractivity contribution in [1.82, 2.24) is 25.1 Å². The normalized spacial score (nSPS) is 24.2. The Morgan fingerprint density at radius 3 is 2.82 bits per heavy atom. The van der Waals surface area contributed by atoms with Crippen LogP contribution in [0.1, 0.15) is 58.1 Å². The molecule has 0 aliphatic carbocycles. The molecule has 2 aromatic rings. The molecule has 4 rings (SSSR count). The first-order valence-electron chi connectivity index (χ1n) is 11.8. The van der Waals surface area contributed by atoms with E-state index >= 15 is 0 Å². The molecular weight excluding hydrogens is 438 g/mol. The van der Waals surface area contributed by atoms with Crippen LogP contribution >= 0.6 is 0 Å². The number of ether oxygens (including phenoxy) is 1. The molecule has 4 N–H and O–H groups in total. The quantitative estimate of drug-likeness (QED) is 0.454. The minimum atomic E-state index is -0.808. The Balaban J connectivity index is 1.61. The first-order chi connectivity index (χ1) is 16.2. The Hall–Kier alpha value is -3.08. The number of carboxylic acid groups (broad SMARTS) is 1. The molecule has 34 heavy (non-hydrogen) atoms. The molecule has 2 aliphatic rings. The minimum Gasteiger partial charge on any atom is -0.481 e. The second-order valence-electron chi connectivity index (χ2n) is 9.88. The van der Waals surface area contributed by atoms with Gasteiger partial charge >= 0.3 is 6.09 Å². The van der Waals surface area contributed by atoms with Crippen molar-refractivity contribution in [1.29, 1.82) is 0 Å². The van der Waals surface area contributed by atoms with Gasteiger partial charge in [0.05, 0.1) is 19.4 Å². The number of rotatable bonds is 8. The number of aliphatic hydroxyl groups excluding tert-OH is 1. The van der Waals surface area contributed by atoms with Gasteiger partial charge in [-0.25, -0.2) is 4.79 Å². The van der Waals surface area contributed by atoms with E-state index in [0.717, 1.165) is 38.5 Å². The summed E-state index contributed by atoms with van der Waals surface area (Å²) in [6.07, 6.45) is 4.35. The van der Waals surface area contributed by atoms with Crippen molar-refractivity contribution in [2.24, 2.45) is 5.92 Å². The second kappa shape index (κ2) is 9.65. The maximum atomic E-state index is 12.3. The molecule has 0 unspecified atom stereocenters. The fraction of sp³-hybridized carbons (Fsp3) is 0.652. The van der Waals surface area contributed by atoms with Crippen LogP contribution in [-0.2, 0) is 6.61 Å². The van der Waals surface area contributed by atoms with Crippen LogP contribution in [0.5, 0.6) is 5.88 Å². The molecule has 0 aromatic carbocycles. The third-order valence-corrected chi connectivity index (χ3v) is 7.03. The lowest BCUT2D eigenvalue weighted by Gasteiger charge is -2.57. The van der Waals surface area contributed by atoms with Gasteiger partial charge in [0.2, 0.25) is 11.8 Å². The Bertz CT molecular complexity index is 1010. The van der Waals surface area contributed by atoms with Gasteiger partial charge in [-0.15, -0.1) is 0 Å². The number of aromatic amines is 1. The number of hydrogen-bond acceptors (Lipinski definition) is 8. The number of carbonyl (C=O) groups is 1. The molecular formula is C23H35N7O4. The van der Waals surface area contributed by atoms with Gasteiger partial charge in [-0.3, -0.25) is 10.00 Å². The van der Waals surface area contributed by atoms with Gasteiger partial charge in [0.15, 0.2) is 5.82 Å². The van der Waals surface area contributed by atoms with E-state index in [0.29, 0.717) is 35.1 Å². The van der Waals surface area contributed by atoms with Gasteiger partial charge in [-0.05, 0) is 44.4 Å².